The molecule has 0 N–H and O–H groups in total. The molecule has 1 atom stereocenters. The van der Waals surface area contributed by atoms with Gasteiger partial charge >= 0.3 is 0 Å². The van der Waals surface area contributed by atoms with Crippen molar-refractivity contribution in [1.29, 1.82) is 0 Å². The molecule has 0 radical (unpaired) electrons. The Morgan fingerprint density at radius 3 is 2.73 bits per heavy atom. The minimum atomic E-state index is 0.0321. The summed E-state index contributed by atoms with van der Waals surface area (Å²) in [6.45, 7) is 1.36. The van der Waals surface area contributed by atoms with Gasteiger partial charge < -0.3 is 9.64 Å². The van der Waals surface area contributed by atoms with Gasteiger partial charge in [-0.05, 0) is 23.8 Å². The number of ether oxygens (including phenoxy) is 1. The number of carbonyl (C=O) groups is 1. The number of hydrogen-bond donors (Lipinski definition) is 0. The van der Waals surface area contributed by atoms with Gasteiger partial charge in [0.1, 0.15) is 11.9 Å². The van der Waals surface area contributed by atoms with E-state index in [-0.39, 0.29) is 12.0 Å². The molecule has 0 saturated carbocycles. The molecule has 0 aliphatic carbocycles. The highest BCUT2D eigenvalue weighted by Gasteiger charge is 2.26. The largest absolute Gasteiger partial charge is 0.488 e. The number of hydrogen-bond acceptors (Lipinski definition) is 3. The Kier molecular flexibility index (Phi) is 4.49. The van der Waals surface area contributed by atoms with Gasteiger partial charge in [-0.2, -0.15) is 0 Å². The third-order valence-electron chi connectivity index (χ3n) is 3.63. The summed E-state index contributed by atoms with van der Waals surface area (Å²) in [7, 11) is 0. The molecule has 22 heavy (non-hydrogen) atoms. The molecule has 1 aliphatic heterocycles. The zero-order valence-electron chi connectivity index (χ0n) is 12.3. The van der Waals surface area contributed by atoms with Gasteiger partial charge in [-0.1, -0.05) is 30.3 Å². The number of amides is 1. The fourth-order valence-electron chi connectivity index (χ4n) is 2.47. The van der Waals surface area contributed by atoms with Crippen molar-refractivity contribution in [3.05, 3.63) is 66.5 Å². The number of aromatic nitrogens is 1. The van der Waals surface area contributed by atoms with Gasteiger partial charge in [0.25, 0.3) is 0 Å². The third-order valence-corrected chi connectivity index (χ3v) is 3.63. The summed E-state index contributed by atoms with van der Waals surface area (Å²) < 4.78 is 5.86. The van der Waals surface area contributed by atoms with E-state index in [0.29, 0.717) is 6.54 Å². The summed E-state index contributed by atoms with van der Waals surface area (Å²) in [5.41, 5.74) is 1.03. The second-order valence-electron chi connectivity index (χ2n) is 5.24. The monoisotopic (exact) mass is 294 g/mol. The van der Waals surface area contributed by atoms with Crippen molar-refractivity contribution in [2.75, 3.05) is 13.1 Å². The Labute approximate surface area is 130 Å². The fraction of sp³-hybridized carbons (Fsp3) is 0.222. The van der Waals surface area contributed by atoms with Crippen LogP contribution in [0, 0.1) is 0 Å². The van der Waals surface area contributed by atoms with Crippen LogP contribution in [0.3, 0.4) is 0 Å². The zero-order chi connectivity index (χ0) is 15.2. The van der Waals surface area contributed by atoms with E-state index in [1.165, 1.54) is 0 Å². The maximum atomic E-state index is 12.2. The fourth-order valence-corrected chi connectivity index (χ4v) is 2.47. The molecular formula is C18H18N2O2. The molecule has 4 heteroatoms. The molecule has 1 aromatic heterocycles. The van der Waals surface area contributed by atoms with Crippen molar-refractivity contribution in [1.82, 2.24) is 9.88 Å². The maximum absolute atomic E-state index is 12.2. The Bertz CT molecular complexity index is 641. The first-order chi connectivity index (χ1) is 10.8. The van der Waals surface area contributed by atoms with Crippen LogP contribution in [0.1, 0.15) is 12.0 Å². The number of nitrogens with zero attached hydrogens (tertiary/aromatic N) is 2. The van der Waals surface area contributed by atoms with Gasteiger partial charge in [-0.25, -0.2) is 0 Å². The molecule has 2 aromatic rings. The lowest BCUT2D eigenvalue weighted by Crippen LogP contribution is -2.29. The van der Waals surface area contributed by atoms with E-state index in [2.05, 4.69) is 4.98 Å². The van der Waals surface area contributed by atoms with Crippen LogP contribution in [-0.2, 0) is 4.79 Å². The predicted octanol–water partition coefficient (Wildman–Crippen LogP) is 2.77. The normalized spacial score (nSPS) is 17.8. The van der Waals surface area contributed by atoms with Crippen LogP contribution in [0.4, 0.5) is 0 Å². The first-order valence-corrected chi connectivity index (χ1v) is 7.40. The molecule has 1 amide bonds. The quantitative estimate of drug-likeness (QED) is 0.814. The van der Waals surface area contributed by atoms with Crippen molar-refractivity contribution in [3.8, 4) is 5.75 Å². The summed E-state index contributed by atoms with van der Waals surface area (Å²) in [5, 5.41) is 0. The van der Waals surface area contributed by atoms with E-state index >= 15 is 0 Å². The highest BCUT2D eigenvalue weighted by molar-refractivity contribution is 5.92. The summed E-state index contributed by atoms with van der Waals surface area (Å²) >= 11 is 0. The van der Waals surface area contributed by atoms with Crippen LogP contribution in [0.15, 0.2) is 60.9 Å². The number of carbonyl (C=O) groups excluding carboxylic acids is 1. The SMILES string of the molecule is O=C(/C=C/c1ccccc1)N1CC[C@H](Oc2ccncc2)C1. The lowest BCUT2D eigenvalue weighted by Gasteiger charge is -2.15. The Morgan fingerprint density at radius 1 is 1.18 bits per heavy atom. The van der Waals surface area contributed by atoms with Crippen LogP contribution >= 0.6 is 0 Å². The Balaban J connectivity index is 1.54. The summed E-state index contributed by atoms with van der Waals surface area (Å²) in [5.74, 6) is 0.832. The maximum Gasteiger partial charge on any atom is 0.246 e. The van der Waals surface area contributed by atoms with Crippen LogP contribution in [0.25, 0.3) is 6.08 Å². The van der Waals surface area contributed by atoms with E-state index in [4.69, 9.17) is 4.74 Å². The second-order valence-corrected chi connectivity index (χ2v) is 5.24. The highest BCUT2D eigenvalue weighted by Crippen LogP contribution is 2.18. The summed E-state index contributed by atoms with van der Waals surface area (Å²) in [6.07, 6.45) is 7.79. The van der Waals surface area contributed by atoms with Crippen molar-refractivity contribution < 1.29 is 9.53 Å². The first kappa shape index (κ1) is 14.3. The molecule has 112 valence electrons. The molecule has 1 fully saturated rings. The van der Waals surface area contributed by atoms with Gasteiger partial charge in [0.05, 0.1) is 6.54 Å². The van der Waals surface area contributed by atoms with Gasteiger partial charge in [0.2, 0.25) is 5.91 Å². The van der Waals surface area contributed by atoms with Crippen molar-refractivity contribution >= 4 is 12.0 Å². The smallest absolute Gasteiger partial charge is 0.246 e. The Hall–Kier alpha value is -2.62. The van der Waals surface area contributed by atoms with E-state index < -0.39 is 0 Å². The third kappa shape index (κ3) is 3.73. The number of benzene rings is 1. The molecule has 0 spiro atoms. The standard InChI is InChI=1S/C18H18N2O2/c21-18(7-6-15-4-2-1-3-5-15)20-13-10-17(14-20)22-16-8-11-19-12-9-16/h1-9,11-12,17H,10,13-14H2/b7-6+/t17-/m0/s1. The molecule has 4 nitrogen and oxygen atoms in total. The van der Waals surface area contributed by atoms with Gasteiger partial charge in [-0.15, -0.1) is 0 Å². The van der Waals surface area contributed by atoms with E-state index in [1.807, 2.05) is 53.4 Å². The van der Waals surface area contributed by atoms with Crippen LogP contribution < -0.4 is 4.74 Å². The van der Waals surface area contributed by atoms with Crippen LogP contribution in [0.5, 0.6) is 5.75 Å². The molecular weight excluding hydrogens is 276 g/mol. The molecule has 1 aromatic carbocycles. The average Bonchev–Trinajstić information content (AvgIpc) is 3.03. The first-order valence-electron chi connectivity index (χ1n) is 7.40. The molecule has 2 heterocycles. The molecule has 0 unspecified atom stereocenters. The second kappa shape index (κ2) is 6.89. The van der Waals surface area contributed by atoms with E-state index in [9.17, 15) is 4.79 Å². The molecule has 1 saturated heterocycles. The predicted molar refractivity (Wildman–Crippen MR) is 85.3 cm³/mol. The topological polar surface area (TPSA) is 42.4 Å². The molecule has 1 aliphatic rings. The minimum absolute atomic E-state index is 0.0321. The lowest BCUT2D eigenvalue weighted by atomic mass is 10.2. The van der Waals surface area contributed by atoms with E-state index in [1.54, 1.807) is 18.5 Å². The van der Waals surface area contributed by atoms with Gasteiger partial charge in [0, 0.05) is 31.4 Å². The van der Waals surface area contributed by atoms with Crippen LogP contribution in [0.2, 0.25) is 0 Å². The minimum Gasteiger partial charge on any atom is -0.488 e. The molecule has 3 rings (SSSR count). The van der Waals surface area contributed by atoms with E-state index in [0.717, 1.165) is 24.3 Å². The van der Waals surface area contributed by atoms with Gasteiger partial charge in [0.15, 0.2) is 0 Å². The zero-order valence-corrected chi connectivity index (χ0v) is 12.3. The lowest BCUT2D eigenvalue weighted by molar-refractivity contribution is -0.125. The number of pyridine rings is 1. The Morgan fingerprint density at radius 2 is 1.95 bits per heavy atom. The average molecular weight is 294 g/mol. The van der Waals surface area contributed by atoms with Crippen molar-refractivity contribution in [2.45, 2.75) is 12.5 Å². The highest BCUT2D eigenvalue weighted by atomic mass is 16.5. The van der Waals surface area contributed by atoms with Crippen LogP contribution in [-0.4, -0.2) is 35.0 Å². The van der Waals surface area contributed by atoms with Crippen molar-refractivity contribution in [3.63, 3.8) is 0 Å². The van der Waals surface area contributed by atoms with Gasteiger partial charge in [-0.3, -0.25) is 9.78 Å². The number of likely N-dealkylation sites (tertiary alicyclic amines) is 1. The van der Waals surface area contributed by atoms with Crippen molar-refractivity contribution in [2.24, 2.45) is 0 Å². The summed E-state index contributed by atoms with van der Waals surface area (Å²) in [6, 6.07) is 13.5. The molecule has 0 bridgehead atoms. The summed E-state index contributed by atoms with van der Waals surface area (Å²) in [4.78, 5) is 18.0. The number of rotatable bonds is 4.